The van der Waals surface area contributed by atoms with Crippen LogP contribution in [0.1, 0.15) is 16.7 Å². The molecule has 0 aliphatic carbocycles. The number of aromatic nitrogens is 2. The maximum absolute atomic E-state index is 12.4. The maximum Gasteiger partial charge on any atom is 0.231 e. The second kappa shape index (κ2) is 13.0. The molecule has 2 heterocycles. The number of Topliss-reactive ketones (excluding diaryl/α,β-unsaturated/α-hetero) is 1. The SMILES string of the molecule is CN(C)CCOc1ccc(-c2cc3c(NCCc4ccc(CC(=O)Cc5ccccc5)cc4)ncnc3o2)cc1. The van der Waals surface area contributed by atoms with Gasteiger partial charge in [0, 0.05) is 31.5 Å². The van der Waals surface area contributed by atoms with Gasteiger partial charge < -0.3 is 19.4 Å². The van der Waals surface area contributed by atoms with Crippen LogP contribution in [0.25, 0.3) is 22.4 Å². The summed E-state index contributed by atoms with van der Waals surface area (Å²) < 4.78 is 11.8. The standard InChI is InChI=1S/C33H34N4O3/c1-37(2)18-19-39-29-14-12-27(13-15-29)31-22-30-32(35-23-36-33(30)40-31)34-17-16-24-8-10-26(11-9-24)21-28(38)20-25-6-4-3-5-7-25/h3-15,22-23H,16-21H2,1-2H3,(H,34,35,36). The van der Waals surface area contributed by atoms with Gasteiger partial charge in [0.15, 0.2) is 0 Å². The van der Waals surface area contributed by atoms with Gasteiger partial charge in [-0.2, -0.15) is 0 Å². The number of nitrogens with zero attached hydrogens (tertiary/aromatic N) is 3. The van der Waals surface area contributed by atoms with Crippen LogP contribution in [-0.2, 0) is 24.1 Å². The van der Waals surface area contributed by atoms with Gasteiger partial charge in [-0.05, 0) is 67.5 Å². The number of rotatable bonds is 13. The van der Waals surface area contributed by atoms with Gasteiger partial charge in [-0.25, -0.2) is 9.97 Å². The van der Waals surface area contributed by atoms with E-state index >= 15 is 0 Å². The minimum absolute atomic E-state index is 0.220. The molecule has 2 aromatic heterocycles. The van der Waals surface area contributed by atoms with Gasteiger partial charge in [0.05, 0.1) is 5.39 Å². The monoisotopic (exact) mass is 534 g/mol. The molecule has 0 aliphatic heterocycles. The van der Waals surface area contributed by atoms with E-state index in [1.165, 1.54) is 11.9 Å². The van der Waals surface area contributed by atoms with Crippen molar-refractivity contribution in [2.45, 2.75) is 19.3 Å². The lowest BCUT2D eigenvalue weighted by atomic mass is 10.0. The Hall–Kier alpha value is -4.49. The summed E-state index contributed by atoms with van der Waals surface area (Å²) in [6.45, 7) is 2.21. The summed E-state index contributed by atoms with van der Waals surface area (Å²) in [5.74, 6) is 2.52. The fourth-order valence-electron chi connectivity index (χ4n) is 4.46. The maximum atomic E-state index is 12.4. The molecule has 0 atom stereocenters. The van der Waals surface area contributed by atoms with Crippen LogP contribution in [0, 0.1) is 0 Å². The molecule has 1 N–H and O–H groups in total. The summed E-state index contributed by atoms with van der Waals surface area (Å²) in [7, 11) is 4.05. The van der Waals surface area contributed by atoms with Gasteiger partial charge in [-0.15, -0.1) is 0 Å². The Labute approximate surface area is 234 Å². The minimum atomic E-state index is 0.220. The molecule has 0 spiro atoms. The summed E-state index contributed by atoms with van der Waals surface area (Å²) in [6.07, 6.45) is 3.25. The number of benzene rings is 3. The van der Waals surface area contributed by atoms with Crippen LogP contribution in [-0.4, -0.2) is 54.4 Å². The number of ether oxygens (including phenoxy) is 1. The fraction of sp³-hybridized carbons (Fsp3) is 0.242. The van der Waals surface area contributed by atoms with E-state index in [4.69, 9.17) is 9.15 Å². The third-order valence-electron chi connectivity index (χ3n) is 6.65. The quantitative estimate of drug-likeness (QED) is 0.203. The number of ketones is 1. The molecular formula is C33H34N4O3. The molecule has 0 bridgehead atoms. The molecule has 0 fully saturated rings. The van der Waals surface area contributed by atoms with Crippen molar-refractivity contribution < 1.29 is 13.9 Å². The first kappa shape index (κ1) is 27.1. The highest BCUT2D eigenvalue weighted by atomic mass is 16.5. The van der Waals surface area contributed by atoms with Crippen LogP contribution in [0.3, 0.4) is 0 Å². The van der Waals surface area contributed by atoms with Crippen LogP contribution in [0.2, 0.25) is 0 Å². The molecule has 0 unspecified atom stereocenters. The van der Waals surface area contributed by atoms with E-state index in [1.807, 2.05) is 86.9 Å². The zero-order chi connectivity index (χ0) is 27.7. The number of anilines is 1. The number of likely N-dealkylation sites (N-methyl/N-ethyl adjacent to an activating group) is 1. The number of carbonyl (C=O) groups is 1. The van der Waals surface area contributed by atoms with Gasteiger partial charge in [0.2, 0.25) is 5.71 Å². The molecule has 5 rings (SSSR count). The second-order valence-corrected chi connectivity index (χ2v) is 10.1. The minimum Gasteiger partial charge on any atom is -0.492 e. The van der Waals surface area contributed by atoms with E-state index in [0.717, 1.165) is 52.4 Å². The van der Waals surface area contributed by atoms with E-state index in [2.05, 4.69) is 32.3 Å². The molecule has 7 heteroatoms. The van der Waals surface area contributed by atoms with Crippen molar-refractivity contribution >= 4 is 22.7 Å². The lowest BCUT2D eigenvalue weighted by Crippen LogP contribution is -2.19. The molecule has 0 radical (unpaired) electrons. The Morgan fingerprint density at radius 2 is 1.57 bits per heavy atom. The van der Waals surface area contributed by atoms with Crippen molar-refractivity contribution in [3.63, 3.8) is 0 Å². The molecule has 204 valence electrons. The number of hydrogen-bond acceptors (Lipinski definition) is 7. The van der Waals surface area contributed by atoms with Crippen molar-refractivity contribution in [3.05, 3.63) is 108 Å². The first-order valence-electron chi connectivity index (χ1n) is 13.5. The summed E-state index contributed by atoms with van der Waals surface area (Å²) in [5, 5.41) is 4.27. The molecule has 3 aromatic carbocycles. The first-order chi connectivity index (χ1) is 19.5. The Morgan fingerprint density at radius 3 is 2.30 bits per heavy atom. The van der Waals surface area contributed by atoms with Gasteiger partial charge in [0.1, 0.15) is 36.0 Å². The first-order valence-corrected chi connectivity index (χ1v) is 13.5. The largest absolute Gasteiger partial charge is 0.492 e. The number of nitrogens with one attached hydrogen (secondary N) is 1. The van der Waals surface area contributed by atoms with Gasteiger partial charge >= 0.3 is 0 Å². The van der Waals surface area contributed by atoms with Crippen molar-refractivity contribution in [2.75, 3.05) is 39.1 Å². The number of carbonyl (C=O) groups excluding carboxylic acids is 1. The zero-order valence-electron chi connectivity index (χ0n) is 23.0. The van der Waals surface area contributed by atoms with Gasteiger partial charge in [0.25, 0.3) is 0 Å². The smallest absolute Gasteiger partial charge is 0.231 e. The average Bonchev–Trinajstić information content (AvgIpc) is 3.40. The molecule has 5 aromatic rings. The lowest BCUT2D eigenvalue weighted by molar-refractivity contribution is -0.117. The van der Waals surface area contributed by atoms with Crippen molar-refractivity contribution in [1.29, 1.82) is 0 Å². The molecule has 0 amide bonds. The van der Waals surface area contributed by atoms with Crippen molar-refractivity contribution in [3.8, 4) is 17.1 Å². The van der Waals surface area contributed by atoms with E-state index < -0.39 is 0 Å². The molecular weight excluding hydrogens is 500 g/mol. The predicted molar refractivity (Wildman–Crippen MR) is 159 cm³/mol. The molecule has 0 aliphatic rings. The summed E-state index contributed by atoms with van der Waals surface area (Å²) >= 11 is 0. The van der Waals surface area contributed by atoms with E-state index in [-0.39, 0.29) is 5.78 Å². The summed E-state index contributed by atoms with van der Waals surface area (Å²) in [4.78, 5) is 23.3. The van der Waals surface area contributed by atoms with Crippen LogP contribution in [0.5, 0.6) is 5.75 Å². The van der Waals surface area contributed by atoms with Crippen LogP contribution in [0.15, 0.2) is 95.7 Å². The van der Waals surface area contributed by atoms with E-state index in [9.17, 15) is 4.79 Å². The van der Waals surface area contributed by atoms with E-state index in [0.29, 0.717) is 31.7 Å². The second-order valence-electron chi connectivity index (χ2n) is 10.1. The number of fused-ring (bicyclic) bond motifs is 1. The third-order valence-corrected chi connectivity index (χ3v) is 6.65. The Balaban J connectivity index is 1.15. The number of hydrogen-bond donors (Lipinski definition) is 1. The Bertz CT molecular complexity index is 1530. The van der Waals surface area contributed by atoms with Crippen LogP contribution >= 0.6 is 0 Å². The predicted octanol–water partition coefficient (Wildman–Crippen LogP) is 5.84. The van der Waals surface area contributed by atoms with Gasteiger partial charge in [-0.1, -0.05) is 54.6 Å². The van der Waals surface area contributed by atoms with Crippen LogP contribution < -0.4 is 10.1 Å². The average molecular weight is 535 g/mol. The normalized spacial score (nSPS) is 11.2. The van der Waals surface area contributed by atoms with Crippen LogP contribution in [0.4, 0.5) is 5.82 Å². The topological polar surface area (TPSA) is 80.5 Å². The Morgan fingerprint density at radius 1 is 0.875 bits per heavy atom. The highest BCUT2D eigenvalue weighted by molar-refractivity contribution is 5.89. The summed E-state index contributed by atoms with van der Waals surface area (Å²) in [6, 6.07) is 28.0. The van der Waals surface area contributed by atoms with Crippen molar-refractivity contribution in [1.82, 2.24) is 14.9 Å². The molecule has 40 heavy (non-hydrogen) atoms. The third kappa shape index (κ3) is 7.33. The highest BCUT2D eigenvalue weighted by Crippen LogP contribution is 2.31. The molecule has 7 nitrogen and oxygen atoms in total. The summed E-state index contributed by atoms with van der Waals surface area (Å²) in [5.41, 5.74) is 4.78. The van der Waals surface area contributed by atoms with Gasteiger partial charge in [-0.3, -0.25) is 4.79 Å². The highest BCUT2D eigenvalue weighted by Gasteiger charge is 2.12. The fourth-order valence-corrected chi connectivity index (χ4v) is 4.46. The van der Waals surface area contributed by atoms with Crippen molar-refractivity contribution in [2.24, 2.45) is 0 Å². The Kier molecular flexibility index (Phi) is 8.83. The lowest BCUT2D eigenvalue weighted by Gasteiger charge is -2.11. The molecule has 0 saturated carbocycles. The molecule has 0 saturated heterocycles. The number of furan rings is 1. The van der Waals surface area contributed by atoms with E-state index in [1.54, 1.807) is 0 Å². The zero-order valence-corrected chi connectivity index (χ0v) is 23.0.